The predicted octanol–water partition coefficient (Wildman–Crippen LogP) is 10.1. The first-order valence-electron chi connectivity index (χ1n) is 29.4. The molecule has 2 aromatic rings. The minimum Gasteiger partial charge on any atom is -0.359 e. The first kappa shape index (κ1) is 104. The van der Waals surface area contributed by atoms with Crippen molar-refractivity contribution in [2.24, 2.45) is 0 Å². The Balaban J connectivity index is -0.000000104. The maximum atomic E-state index is 10.2. The zero-order valence-electron chi connectivity index (χ0n) is 57.2. The number of carbonyl (C=O) groups excluding carboxylic acids is 5. The molecule has 2 rings (SSSR count). The summed E-state index contributed by atoms with van der Waals surface area (Å²) >= 11 is 0. The van der Waals surface area contributed by atoms with E-state index in [1.54, 1.807) is 14.2 Å². The Kier molecular flexibility index (Phi) is 122. The molecule has 0 atom stereocenters. The summed E-state index contributed by atoms with van der Waals surface area (Å²) in [6, 6.07) is 30.4. The van der Waals surface area contributed by atoms with E-state index in [2.05, 4.69) is 112 Å². The third-order valence-electron chi connectivity index (χ3n) is 7.71. The van der Waals surface area contributed by atoms with Gasteiger partial charge >= 0.3 is 0 Å². The molecule has 0 unspecified atom stereocenters. The Labute approximate surface area is 528 Å². The van der Waals surface area contributed by atoms with E-state index in [1.807, 2.05) is 41.5 Å². The highest BCUT2D eigenvalue weighted by Crippen LogP contribution is 1.92. The highest BCUT2D eigenvalue weighted by atomic mass is 28.2. The lowest BCUT2D eigenvalue weighted by Crippen LogP contribution is -2.26. The molecule has 0 aliphatic carbocycles. The number of benzene rings is 2. The van der Waals surface area contributed by atoms with E-state index in [4.69, 9.17) is 56.8 Å². The fraction of sp³-hybridized carbons (Fsp3) is 0.726. The Morgan fingerprint density at radius 3 is 0.647 bits per heavy atom. The van der Waals surface area contributed by atoms with Gasteiger partial charge in [0, 0.05) is 55.6 Å². The second-order valence-corrected chi connectivity index (χ2v) is 28.7. The zero-order chi connectivity index (χ0) is 66.1. The van der Waals surface area contributed by atoms with Gasteiger partial charge in [0.15, 0.2) is 61.1 Å². The molecule has 0 saturated carbocycles. The highest BCUT2D eigenvalue weighted by molar-refractivity contribution is 6.67. The average molecular weight is 1290 g/mol. The van der Waals surface area contributed by atoms with Crippen molar-refractivity contribution in [3.05, 3.63) is 60.7 Å². The van der Waals surface area contributed by atoms with Crippen LogP contribution in [0.4, 0.5) is 0 Å². The van der Waals surface area contributed by atoms with Crippen LogP contribution in [0.15, 0.2) is 60.7 Å². The van der Waals surface area contributed by atoms with Gasteiger partial charge in [-0.25, -0.2) is 0 Å². The van der Waals surface area contributed by atoms with Crippen molar-refractivity contribution >= 4 is 77.4 Å². The van der Waals surface area contributed by atoms with Crippen molar-refractivity contribution in [3.8, 4) is 0 Å². The van der Waals surface area contributed by atoms with Gasteiger partial charge in [-0.15, -0.1) is 0 Å². The second-order valence-electron chi connectivity index (χ2n) is 18.6. The normalized spacial score (nSPS) is 9.32. The minimum absolute atomic E-state index is 0. The molecule has 23 heteroatoms. The topological polar surface area (TPSA) is 215 Å². The summed E-state index contributed by atoms with van der Waals surface area (Å²) in [5.41, 5.74) is 0. The van der Waals surface area contributed by atoms with Crippen molar-refractivity contribution in [2.75, 3.05) is 95.7 Å². The van der Waals surface area contributed by atoms with Crippen LogP contribution in [-0.4, -0.2) is 175 Å². The van der Waals surface area contributed by atoms with Gasteiger partial charge in [0.2, 0.25) is 0 Å². The van der Waals surface area contributed by atoms with Crippen LogP contribution in [0.2, 0.25) is 36.3 Å². The van der Waals surface area contributed by atoms with Crippen LogP contribution < -0.4 is 10.4 Å². The standard InChI is InChI=1S/C17H36O12.C12H12Si.C5H10O.3C4H12Si.C3H8O2.4C3H6O.CH4/c1-16(2)28-14-26-12-24-10-22-8-20-6-18-5-19-7-21-9-23-11-25-13-27-15-29-17(3)4;1-3-7-11(8-4-1)13-12-9-5-2-6-10-12;1-3-5(6)4-2;3*1-3-5-4-2;1-4-3-5-2;4*1-3(2)4;/h16-17H,5-15H2,1-4H3;1-10H,13H2;3-4H2,1-2H3;3*3-5H2,1-2H3;3H2,1-2H3;4*1-2H3;1H4. The molecule has 0 aromatic heterocycles. The number of hydrogen-bond donors (Lipinski definition) is 0. The van der Waals surface area contributed by atoms with Crippen LogP contribution in [0.25, 0.3) is 0 Å². The number of ketones is 5. The minimum atomic E-state index is -0.234. The summed E-state index contributed by atoms with van der Waals surface area (Å²) in [7, 11) is 4.24. The molecule has 85 heavy (non-hydrogen) atoms. The Morgan fingerprint density at radius 1 is 0.341 bits per heavy atom. The number of carbonyl (C=O) groups is 5. The summed E-state index contributed by atoms with van der Waals surface area (Å²) in [6.07, 6.45) is 1.61. The number of ether oxygens (including phenoxy) is 14. The lowest BCUT2D eigenvalue weighted by molar-refractivity contribution is -0.235. The molecule has 0 amide bonds. The highest BCUT2D eigenvalue weighted by Gasteiger charge is 1.97. The Morgan fingerprint density at radius 2 is 0.529 bits per heavy atom. The van der Waals surface area contributed by atoms with E-state index in [1.165, 1.54) is 102 Å². The summed E-state index contributed by atoms with van der Waals surface area (Å²) in [5.74, 6) is 1.01. The van der Waals surface area contributed by atoms with Gasteiger partial charge in [-0.05, 0) is 83.1 Å². The molecule has 0 fully saturated rings. The molecule has 508 valence electrons. The molecule has 0 radical (unpaired) electrons. The van der Waals surface area contributed by atoms with E-state index in [9.17, 15) is 24.0 Å². The van der Waals surface area contributed by atoms with Crippen LogP contribution >= 0.6 is 0 Å². The van der Waals surface area contributed by atoms with E-state index in [-0.39, 0.29) is 127 Å². The van der Waals surface area contributed by atoms with Gasteiger partial charge in [0.1, 0.15) is 49.3 Å². The van der Waals surface area contributed by atoms with Gasteiger partial charge in [0.25, 0.3) is 0 Å². The van der Waals surface area contributed by atoms with Gasteiger partial charge in [-0.2, -0.15) is 0 Å². The van der Waals surface area contributed by atoms with Gasteiger partial charge in [-0.1, -0.05) is 170 Å². The number of rotatable bonds is 36. The first-order chi connectivity index (χ1) is 40.0. The molecule has 0 aliphatic heterocycles. The molecule has 2 aromatic carbocycles. The van der Waals surface area contributed by atoms with Crippen LogP contribution in [0.3, 0.4) is 0 Å². The summed E-state index contributed by atoms with van der Waals surface area (Å²) in [5, 5.41) is 3.02. The maximum Gasteiger partial charge on any atom is 0.152 e. The Bertz CT molecular complexity index is 1350. The molecular weight excluding hydrogens is 1160 g/mol. The quantitative estimate of drug-likeness (QED) is 0.0352. The summed E-state index contributed by atoms with van der Waals surface area (Å²) in [6.45, 7) is 38.3. The van der Waals surface area contributed by atoms with Gasteiger partial charge in [0.05, 0.1) is 21.7 Å². The van der Waals surface area contributed by atoms with Crippen molar-refractivity contribution in [1.29, 1.82) is 0 Å². The second kappa shape index (κ2) is 100. The van der Waals surface area contributed by atoms with Crippen molar-refractivity contribution < 1.29 is 90.3 Å². The summed E-state index contributed by atoms with van der Waals surface area (Å²) in [4.78, 5) is 48.0. The van der Waals surface area contributed by atoms with Crippen LogP contribution in [-0.2, 0) is 90.3 Å². The number of hydrogen-bond acceptors (Lipinski definition) is 19. The predicted molar refractivity (Wildman–Crippen MR) is 363 cm³/mol. The molecule has 0 saturated heterocycles. The van der Waals surface area contributed by atoms with Crippen LogP contribution in [0.1, 0.15) is 159 Å². The third kappa shape index (κ3) is 167. The van der Waals surface area contributed by atoms with Gasteiger partial charge in [-0.3, -0.25) is 4.79 Å². The van der Waals surface area contributed by atoms with E-state index in [0.29, 0.717) is 54.0 Å². The zero-order valence-corrected chi connectivity index (χ0v) is 62.8. The molecular formula is C62H130O19Si4. The fourth-order valence-electron chi connectivity index (χ4n) is 4.09. The van der Waals surface area contributed by atoms with Gasteiger partial charge < -0.3 is 85.5 Å². The number of methoxy groups -OCH3 is 2. The van der Waals surface area contributed by atoms with E-state index >= 15 is 0 Å². The maximum absolute atomic E-state index is 10.2. The SMILES string of the molecule is C.CC(C)=O.CC(C)=O.CC(C)=O.CC(C)=O.CC(C)OCOCOCOCOCOCOCOCOCOCOCOC(C)C.CCC(=O)CC.CC[SiH2]CC.CC[SiH2]CC.CC[SiH2]CC.COCOC.c1ccc([SiH2]c2ccccc2)cc1. The lowest BCUT2D eigenvalue weighted by atomic mass is 10.3. The lowest BCUT2D eigenvalue weighted by Gasteiger charge is -2.10. The van der Waals surface area contributed by atoms with Crippen molar-refractivity contribution in [1.82, 2.24) is 0 Å². The molecule has 0 heterocycles. The average Bonchev–Trinajstić information content (AvgIpc) is 3.45. The molecule has 0 spiro atoms. The summed E-state index contributed by atoms with van der Waals surface area (Å²) < 4.78 is 69.6. The van der Waals surface area contributed by atoms with Crippen molar-refractivity contribution in [2.45, 2.75) is 207 Å². The molecule has 0 bridgehead atoms. The Hall–Kier alpha value is -2.90. The largest absolute Gasteiger partial charge is 0.359 e. The first-order valence-corrected chi connectivity index (χ1v) is 36.9. The van der Waals surface area contributed by atoms with Crippen LogP contribution in [0, 0.1) is 0 Å². The third-order valence-corrected chi connectivity index (χ3v) is 13.7. The monoisotopic (exact) mass is 1290 g/mol. The molecule has 0 N–H and O–H groups in total. The van der Waals surface area contributed by atoms with Crippen LogP contribution in [0.5, 0.6) is 0 Å². The smallest absolute Gasteiger partial charge is 0.152 e. The van der Waals surface area contributed by atoms with E-state index in [0.717, 1.165) is 0 Å². The number of Topliss-reactive ketones (excluding diaryl/α,β-unsaturated/α-hetero) is 5. The molecule has 19 nitrogen and oxygen atoms in total. The van der Waals surface area contributed by atoms with Crippen molar-refractivity contribution in [3.63, 3.8) is 0 Å². The fourth-order valence-corrected chi connectivity index (χ4v) is 7.70. The van der Waals surface area contributed by atoms with E-state index < -0.39 is 0 Å². The molecule has 0 aliphatic rings.